The van der Waals surface area contributed by atoms with Crippen molar-refractivity contribution in [2.75, 3.05) is 24.8 Å². The summed E-state index contributed by atoms with van der Waals surface area (Å²) in [5.41, 5.74) is 2.16. The molecule has 1 saturated heterocycles. The summed E-state index contributed by atoms with van der Waals surface area (Å²) in [6.45, 7) is 4.36. The largest absolute Gasteiger partial charge is 0.355 e. The van der Waals surface area contributed by atoms with Crippen molar-refractivity contribution >= 4 is 22.5 Å². The molecule has 0 aliphatic carbocycles. The van der Waals surface area contributed by atoms with E-state index >= 15 is 0 Å². The number of pyridine rings is 1. The third-order valence-electron chi connectivity index (χ3n) is 6.51. The molecule has 3 aromatic carbocycles. The van der Waals surface area contributed by atoms with Crippen molar-refractivity contribution in [3.63, 3.8) is 0 Å². The smallest absolute Gasteiger partial charge is 0.254 e. The lowest BCUT2D eigenvalue weighted by Gasteiger charge is -2.40. The number of carbonyl (C=O) groups excluding carboxylic acids is 1. The van der Waals surface area contributed by atoms with Gasteiger partial charge in [0.15, 0.2) is 5.75 Å². The third-order valence-corrected chi connectivity index (χ3v) is 6.51. The first kappa shape index (κ1) is 24.3. The van der Waals surface area contributed by atoms with Gasteiger partial charge in [-0.2, -0.15) is 0 Å². The lowest BCUT2D eigenvalue weighted by Crippen LogP contribution is -2.53. The third kappa shape index (κ3) is 5.26. The number of hydrogen-bond acceptors (Lipinski definition) is 6. The van der Waals surface area contributed by atoms with Crippen LogP contribution in [0.3, 0.4) is 0 Å². The predicted molar refractivity (Wildman–Crippen MR) is 139 cm³/mol. The molecule has 0 N–H and O–H groups in total. The van der Waals surface area contributed by atoms with Crippen LogP contribution >= 0.6 is 0 Å². The molecular weight excluding hydrogens is 473 g/mol. The van der Waals surface area contributed by atoms with Crippen LogP contribution in [0.1, 0.15) is 22.8 Å². The molecular formula is C28H26FN5O3. The predicted octanol–water partition coefficient (Wildman–Crippen LogP) is 5.20. The highest BCUT2D eigenvalue weighted by Gasteiger charge is 2.28. The molecule has 0 bridgehead atoms. The number of aromatic nitrogens is 1. The van der Waals surface area contributed by atoms with Gasteiger partial charge in [0.05, 0.1) is 10.8 Å². The first-order valence-electron chi connectivity index (χ1n) is 12.1. The molecule has 1 amide bonds. The minimum absolute atomic E-state index is 0.0300. The molecule has 9 heteroatoms. The molecule has 188 valence electrons. The molecule has 1 atom stereocenters. The van der Waals surface area contributed by atoms with Crippen LogP contribution in [0.2, 0.25) is 0 Å². The van der Waals surface area contributed by atoms with Gasteiger partial charge in [0.25, 0.3) is 5.91 Å². The van der Waals surface area contributed by atoms with Crippen LogP contribution in [0.25, 0.3) is 10.9 Å². The number of fused-ring (bicyclic) bond motifs is 1. The van der Waals surface area contributed by atoms with Gasteiger partial charge >= 0.3 is 0 Å². The van der Waals surface area contributed by atoms with Crippen molar-refractivity contribution < 1.29 is 14.0 Å². The number of piperazine rings is 1. The standard InChI is InChI=1S/C28H26FN5O3/c1-20-18-32(19-23-6-2-3-9-25(23)29)16-17-33(20)28(35)22-11-13-24(14-12-22)37-34(31-36)26-10-4-7-21-8-5-15-30-27(21)26/h2-15,20H,16-19H2,1H3. The lowest BCUT2D eigenvalue weighted by atomic mass is 10.1. The summed E-state index contributed by atoms with van der Waals surface area (Å²) < 4.78 is 14.0. The summed E-state index contributed by atoms with van der Waals surface area (Å²) in [6.07, 6.45) is 1.63. The molecule has 0 saturated carbocycles. The van der Waals surface area contributed by atoms with Gasteiger partial charge in [0.2, 0.25) is 0 Å². The summed E-state index contributed by atoms with van der Waals surface area (Å²) in [7, 11) is 0. The summed E-state index contributed by atoms with van der Waals surface area (Å²) >= 11 is 0. The number of nitroso groups, excluding NO2 is 1. The van der Waals surface area contributed by atoms with Gasteiger partial charge in [-0.05, 0) is 49.4 Å². The van der Waals surface area contributed by atoms with E-state index in [-0.39, 0.29) is 17.8 Å². The Labute approximate surface area is 213 Å². The van der Waals surface area contributed by atoms with Gasteiger partial charge < -0.3 is 9.74 Å². The molecule has 1 aromatic heterocycles. The molecule has 8 nitrogen and oxygen atoms in total. The van der Waals surface area contributed by atoms with E-state index in [1.54, 1.807) is 54.7 Å². The van der Waals surface area contributed by atoms with Crippen LogP contribution in [0.4, 0.5) is 10.1 Å². The van der Waals surface area contributed by atoms with Gasteiger partial charge in [-0.15, -0.1) is 4.91 Å². The van der Waals surface area contributed by atoms with E-state index in [4.69, 9.17) is 4.84 Å². The number of nitrogens with zero attached hydrogens (tertiary/aromatic N) is 5. The average Bonchev–Trinajstić information content (AvgIpc) is 2.93. The number of rotatable bonds is 7. The Morgan fingerprint density at radius 3 is 2.59 bits per heavy atom. The zero-order valence-corrected chi connectivity index (χ0v) is 20.3. The number of amides is 1. The fourth-order valence-electron chi connectivity index (χ4n) is 4.62. The zero-order chi connectivity index (χ0) is 25.8. The fourth-order valence-corrected chi connectivity index (χ4v) is 4.62. The van der Waals surface area contributed by atoms with Crippen molar-refractivity contribution in [1.82, 2.24) is 14.8 Å². The number of para-hydroxylation sites is 1. The second-order valence-electron chi connectivity index (χ2n) is 9.00. The minimum atomic E-state index is -0.212. The van der Waals surface area contributed by atoms with Gasteiger partial charge in [0.1, 0.15) is 11.5 Å². The molecule has 1 aliphatic heterocycles. The van der Waals surface area contributed by atoms with E-state index < -0.39 is 0 Å². The van der Waals surface area contributed by atoms with Gasteiger partial charge in [-0.1, -0.05) is 41.6 Å². The number of halogens is 1. The fraction of sp³-hybridized carbons (Fsp3) is 0.214. The molecule has 5 rings (SSSR count). The van der Waals surface area contributed by atoms with Gasteiger partial charge in [0, 0.05) is 54.9 Å². The number of anilines is 1. The Morgan fingerprint density at radius 1 is 1.05 bits per heavy atom. The molecule has 2 heterocycles. The lowest BCUT2D eigenvalue weighted by molar-refractivity contribution is 0.0473. The van der Waals surface area contributed by atoms with Crippen LogP contribution < -0.4 is 10.0 Å². The number of carbonyl (C=O) groups is 1. The summed E-state index contributed by atoms with van der Waals surface area (Å²) in [5.74, 6) is 0.0519. The quantitative estimate of drug-likeness (QED) is 0.257. The average molecular weight is 500 g/mol. The van der Waals surface area contributed by atoms with Crippen LogP contribution in [-0.4, -0.2) is 46.4 Å². The van der Waals surface area contributed by atoms with Crippen molar-refractivity contribution in [3.05, 3.63) is 107 Å². The Morgan fingerprint density at radius 2 is 1.84 bits per heavy atom. The molecule has 0 spiro atoms. The monoisotopic (exact) mass is 499 g/mol. The SMILES string of the molecule is CC1CN(Cc2ccccc2F)CCN1C(=O)c1ccc(ON(N=O)c2cccc3cccnc23)cc1. The molecule has 1 unspecified atom stereocenters. The van der Waals surface area contributed by atoms with E-state index in [0.29, 0.717) is 54.3 Å². The molecule has 0 radical (unpaired) electrons. The van der Waals surface area contributed by atoms with E-state index in [1.807, 2.05) is 36.1 Å². The Hall–Kier alpha value is -4.37. The van der Waals surface area contributed by atoms with Crippen LogP contribution in [0, 0.1) is 10.7 Å². The van der Waals surface area contributed by atoms with E-state index in [1.165, 1.54) is 6.07 Å². The second kappa shape index (κ2) is 10.7. The first-order valence-corrected chi connectivity index (χ1v) is 12.1. The van der Waals surface area contributed by atoms with Crippen molar-refractivity contribution in [3.8, 4) is 5.75 Å². The highest BCUT2D eigenvalue weighted by atomic mass is 19.1. The Bertz CT molecular complexity index is 1410. The van der Waals surface area contributed by atoms with E-state index in [0.717, 1.165) is 10.6 Å². The van der Waals surface area contributed by atoms with Crippen molar-refractivity contribution in [1.29, 1.82) is 0 Å². The van der Waals surface area contributed by atoms with Gasteiger partial charge in [-0.25, -0.2) is 4.39 Å². The van der Waals surface area contributed by atoms with Crippen LogP contribution in [-0.2, 0) is 6.54 Å². The first-order chi connectivity index (χ1) is 18.0. The van der Waals surface area contributed by atoms with Gasteiger partial charge in [-0.3, -0.25) is 14.7 Å². The Kier molecular flexibility index (Phi) is 7.04. The number of hydrogen-bond donors (Lipinski definition) is 0. The molecule has 37 heavy (non-hydrogen) atoms. The van der Waals surface area contributed by atoms with Crippen LogP contribution in [0.15, 0.2) is 90.3 Å². The van der Waals surface area contributed by atoms with Crippen molar-refractivity contribution in [2.24, 2.45) is 5.29 Å². The summed E-state index contributed by atoms with van der Waals surface area (Å²) in [4.78, 5) is 38.8. The van der Waals surface area contributed by atoms with Crippen LogP contribution in [0.5, 0.6) is 5.75 Å². The Balaban J connectivity index is 1.23. The second-order valence-corrected chi connectivity index (χ2v) is 9.00. The highest BCUT2D eigenvalue weighted by Crippen LogP contribution is 2.27. The molecule has 1 aliphatic rings. The summed E-state index contributed by atoms with van der Waals surface area (Å²) in [5, 5.41) is 4.73. The highest BCUT2D eigenvalue weighted by molar-refractivity contribution is 5.94. The summed E-state index contributed by atoms with van der Waals surface area (Å²) in [6, 6.07) is 22.4. The number of benzene rings is 3. The topological polar surface area (TPSA) is 78.3 Å². The molecule has 4 aromatic rings. The van der Waals surface area contributed by atoms with Crippen molar-refractivity contribution in [2.45, 2.75) is 19.5 Å². The zero-order valence-electron chi connectivity index (χ0n) is 20.3. The minimum Gasteiger partial charge on any atom is -0.355 e. The normalized spacial score (nSPS) is 15.9. The van der Waals surface area contributed by atoms with E-state index in [2.05, 4.69) is 15.2 Å². The van der Waals surface area contributed by atoms with E-state index in [9.17, 15) is 14.1 Å². The molecule has 1 fully saturated rings. The maximum Gasteiger partial charge on any atom is 0.254 e. The maximum atomic E-state index is 14.0. The maximum absolute atomic E-state index is 14.0.